The Morgan fingerprint density at radius 2 is 1.70 bits per heavy atom. The number of hydrogen-bond donors (Lipinski definition) is 0. The van der Waals surface area contributed by atoms with Crippen LogP contribution in [-0.4, -0.2) is 37.3 Å². The summed E-state index contributed by atoms with van der Waals surface area (Å²) < 4.78 is 47.2. The Hall–Kier alpha value is -3.04. The molecule has 0 radical (unpaired) electrons. The third kappa shape index (κ3) is 3.74. The summed E-state index contributed by atoms with van der Waals surface area (Å²) in [5, 5.41) is 11.1. The van der Waals surface area contributed by atoms with Crippen molar-refractivity contribution in [1.82, 2.24) is 30.2 Å². The summed E-state index contributed by atoms with van der Waals surface area (Å²) in [6.45, 7) is 5.22. The van der Waals surface area contributed by atoms with E-state index in [0.717, 1.165) is 6.20 Å². The van der Waals surface area contributed by atoms with Crippen molar-refractivity contribution >= 4 is 0 Å². The van der Waals surface area contributed by atoms with Crippen molar-refractivity contribution < 1.29 is 17.9 Å². The summed E-state index contributed by atoms with van der Waals surface area (Å²) in [5.74, 6) is 0.581. The Bertz CT molecular complexity index is 945. The van der Waals surface area contributed by atoms with Gasteiger partial charge in [0, 0.05) is 11.6 Å². The first kappa shape index (κ1) is 18.7. The topological polar surface area (TPSA) is 78.6 Å². The molecule has 0 atom stereocenters. The highest BCUT2D eigenvalue weighted by Gasteiger charge is 2.39. The minimum absolute atomic E-state index is 0.0852. The second-order valence-corrected chi connectivity index (χ2v) is 6.82. The number of rotatable bonds is 3. The molecule has 3 rings (SSSR count). The fourth-order valence-corrected chi connectivity index (χ4v) is 2.38. The molecule has 0 aliphatic rings. The minimum atomic E-state index is -4.69. The van der Waals surface area contributed by atoms with Gasteiger partial charge in [0.2, 0.25) is 0 Å². The van der Waals surface area contributed by atoms with E-state index >= 15 is 0 Å². The molecule has 0 fully saturated rings. The van der Waals surface area contributed by atoms with Crippen LogP contribution in [0.4, 0.5) is 13.2 Å². The largest absolute Gasteiger partial charge is 0.497 e. The minimum Gasteiger partial charge on any atom is -0.497 e. The molecule has 3 aromatic rings. The van der Waals surface area contributed by atoms with Crippen molar-refractivity contribution in [3.63, 3.8) is 0 Å². The van der Waals surface area contributed by atoms with Gasteiger partial charge in [0.05, 0.1) is 18.4 Å². The van der Waals surface area contributed by atoms with Crippen molar-refractivity contribution in [2.24, 2.45) is 0 Å². The fourth-order valence-electron chi connectivity index (χ4n) is 2.38. The molecule has 7 nitrogen and oxygen atoms in total. The van der Waals surface area contributed by atoms with E-state index < -0.39 is 17.3 Å². The third-order valence-electron chi connectivity index (χ3n) is 3.76. The molecule has 0 saturated carbocycles. The van der Waals surface area contributed by atoms with Gasteiger partial charge in [0.25, 0.3) is 0 Å². The lowest BCUT2D eigenvalue weighted by molar-refractivity contribution is -0.140. The predicted octanol–water partition coefficient (Wildman–Crippen LogP) is 3.44. The maximum absolute atomic E-state index is 13.7. The Balaban J connectivity index is 2.16. The van der Waals surface area contributed by atoms with Crippen LogP contribution in [0.2, 0.25) is 0 Å². The first-order chi connectivity index (χ1) is 12.6. The number of benzene rings is 1. The molecule has 2 aromatic heterocycles. The van der Waals surface area contributed by atoms with Crippen molar-refractivity contribution in [2.75, 3.05) is 7.11 Å². The lowest BCUT2D eigenvalue weighted by Crippen LogP contribution is -2.21. The quantitative estimate of drug-likeness (QED) is 0.695. The second kappa shape index (κ2) is 6.60. The van der Waals surface area contributed by atoms with Crippen LogP contribution in [0.1, 0.15) is 32.3 Å². The molecule has 0 bridgehead atoms. The van der Waals surface area contributed by atoms with Gasteiger partial charge in [-0.1, -0.05) is 20.8 Å². The number of halogens is 3. The molecule has 142 valence electrons. The molecular formula is C17H17F3N6O. The highest BCUT2D eigenvalue weighted by Crippen LogP contribution is 2.36. The van der Waals surface area contributed by atoms with Gasteiger partial charge >= 0.3 is 6.18 Å². The maximum Gasteiger partial charge on any atom is 0.434 e. The van der Waals surface area contributed by atoms with Gasteiger partial charge in [0.15, 0.2) is 11.5 Å². The average Bonchev–Trinajstić information content (AvgIpc) is 3.09. The van der Waals surface area contributed by atoms with Gasteiger partial charge in [0.1, 0.15) is 11.6 Å². The van der Waals surface area contributed by atoms with Gasteiger partial charge in [-0.25, -0.2) is 9.97 Å². The number of hydrogen-bond acceptors (Lipinski definition) is 6. The van der Waals surface area contributed by atoms with Crippen LogP contribution < -0.4 is 4.74 Å². The average molecular weight is 378 g/mol. The van der Waals surface area contributed by atoms with Gasteiger partial charge < -0.3 is 4.74 Å². The van der Waals surface area contributed by atoms with Gasteiger partial charge in [-0.3, -0.25) is 0 Å². The normalized spacial score (nSPS) is 12.3. The summed E-state index contributed by atoms with van der Waals surface area (Å²) in [4.78, 5) is 7.87. The van der Waals surface area contributed by atoms with Crippen molar-refractivity contribution in [3.05, 3.63) is 42.0 Å². The summed E-state index contributed by atoms with van der Waals surface area (Å²) in [5.41, 5.74) is -1.53. The number of tetrazole rings is 1. The van der Waals surface area contributed by atoms with Crippen LogP contribution >= 0.6 is 0 Å². The highest BCUT2D eigenvalue weighted by atomic mass is 19.4. The van der Waals surface area contributed by atoms with Crippen LogP contribution in [0.25, 0.3) is 17.1 Å². The Kier molecular flexibility index (Phi) is 4.58. The third-order valence-corrected chi connectivity index (χ3v) is 3.76. The molecule has 0 amide bonds. The van der Waals surface area contributed by atoms with Gasteiger partial charge in [-0.05, 0) is 34.7 Å². The Morgan fingerprint density at radius 1 is 1.04 bits per heavy atom. The summed E-state index contributed by atoms with van der Waals surface area (Å²) >= 11 is 0. The van der Waals surface area contributed by atoms with Gasteiger partial charge in [-0.15, -0.1) is 5.10 Å². The summed E-state index contributed by atoms with van der Waals surface area (Å²) in [6.07, 6.45) is -3.57. The van der Waals surface area contributed by atoms with Crippen LogP contribution in [0.3, 0.4) is 0 Å². The zero-order chi connectivity index (χ0) is 19.8. The fraction of sp³-hybridized carbons (Fsp3) is 0.353. The Morgan fingerprint density at radius 3 is 2.26 bits per heavy atom. The molecule has 0 saturated heterocycles. The number of ether oxygens (including phenoxy) is 1. The molecule has 27 heavy (non-hydrogen) atoms. The number of alkyl halides is 3. The van der Waals surface area contributed by atoms with E-state index in [1.807, 2.05) is 0 Å². The van der Waals surface area contributed by atoms with Crippen LogP contribution in [0.15, 0.2) is 30.5 Å². The maximum atomic E-state index is 13.7. The van der Waals surface area contributed by atoms with E-state index in [2.05, 4.69) is 25.5 Å². The van der Waals surface area contributed by atoms with Crippen molar-refractivity contribution in [2.45, 2.75) is 32.4 Å². The van der Waals surface area contributed by atoms with Crippen LogP contribution in [0, 0.1) is 0 Å². The molecule has 0 spiro atoms. The standard InChI is InChI=1S/C17H17F3N6O/c1-16(2,3)15-21-9-12(13(22-15)17(18,19)20)14-23-24-25-26(14)10-5-7-11(27-4)8-6-10/h5-9H,1-4H3. The smallest absolute Gasteiger partial charge is 0.434 e. The molecule has 2 heterocycles. The Labute approximate surface area is 153 Å². The number of methoxy groups -OCH3 is 1. The lowest BCUT2D eigenvalue weighted by atomic mass is 9.95. The van der Waals surface area contributed by atoms with E-state index in [-0.39, 0.29) is 17.2 Å². The SMILES string of the molecule is COc1ccc(-n2nnnc2-c2cnc(C(C)(C)C)nc2C(F)(F)F)cc1. The lowest BCUT2D eigenvalue weighted by Gasteiger charge is -2.19. The monoisotopic (exact) mass is 378 g/mol. The number of nitrogens with zero attached hydrogens (tertiary/aromatic N) is 6. The summed E-state index contributed by atoms with van der Waals surface area (Å²) in [7, 11) is 1.52. The highest BCUT2D eigenvalue weighted by molar-refractivity contribution is 5.60. The van der Waals surface area contributed by atoms with Crippen molar-refractivity contribution in [1.29, 1.82) is 0 Å². The van der Waals surface area contributed by atoms with Gasteiger partial charge in [-0.2, -0.15) is 17.9 Å². The van der Waals surface area contributed by atoms with Crippen LogP contribution in [0.5, 0.6) is 5.75 Å². The molecule has 10 heteroatoms. The van der Waals surface area contributed by atoms with Crippen molar-refractivity contribution in [3.8, 4) is 22.8 Å². The van der Waals surface area contributed by atoms with E-state index in [9.17, 15) is 13.2 Å². The molecule has 0 unspecified atom stereocenters. The second-order valence-electron chi connectivity index (χ2n) is 6.82. The number of aromatic nitrogens is 6. The molecule has 0 aliphatic carbocycles. The molecule has 0 aliphatic heterocycles. The van der Waals surface area contributed by atoms with E-state index in [1.165, 1.54) is 11.8 Å². The van der Waals surface area contributed by atoms with Crippen LogP contribution in [-0.2, 0) is 11.6 Å². The zero-order valence-electron chi connectivity index (χ0n) is 15.1. The predicted molar refractivity (Wildman–Crippen MR) is 90.4 cm³/mol. The molecular weight excluding hydrogens is 361 g/mol. The van der Waals surface area contributed by atoms with E-state index in [0.29, 0.717) is 11.4 Å². The molecule has 1 aromatic carbocycles. The first-order valence-electron chi connectivity index (χ1n) is 7.99. The van der Waals surface area contributed by atoms with E-state index in [1.54, 1.807) is 45.0 Å². The van der Waals surface area contributed by atoms with E-state index in [4.69, 9.17) is 4.74 Å². The summed E-state index contributed by atoms with van der Waals surface area (Å²) in [6, 6.07) is 6.59. The molecule has 0 N–H and O–H groups in total. The zero-order valence-corrected chi connectivity index (χ0v) is 15.1. The first-order valence-corrected chi connectivity index (χ1v) is 7.99.